The van der Waals surface area contributed by atoms with Gasteiger partial charge in [-0.3, -0.25) is 4.79 Å². The Labute approximate surface area is 132 Å². The van der Waals surface area contributed by atoms with Gasteiger partial charge in [-0.2, -0.15) is 0 Å². The summed E-state index contributed by atoms with van der Waals surface area (Å²) in [4.78, 5) is 24.1. The lowest BCUT2D eigenvalue weighted by Gasteiger charge is -2.32. The predicted octanol–water partition coefficient (Wildman–Crippen LogP) is 2.81. The molecule has 2 rings (SSSR count). The fourth-order valence-electron chi connectivity index (χ4n) is 2.54. The first-order valence-electron chi connectivity index (χ1n) is 7.06. The summed E-state index contributed by atoms with van der Waals surface area (Å²) < 4.78 is 1.07. The van der Waals surface area contributed by atoms with Crippen molar-refractivity contribution in [1.82, 2.24) is 10.2 Å². The van der Waals surface area contributed by atoms with Crippen LogP contribution in [0.15, 0.2) is 28.7 Å². The van der Waals surface area contributed by atoms with Crippen molar-refractivity contribution in [3.63, 3.8) is 0 Å². The molecule has 5 nitrogen and oxygen atoms in total. The lowest BCUT2D eigenvalue weighted by atomic mass is 9.90. The van der Waals surface area contributed by atoms with E-state index in [9.17, 15) is 9.59 Å². The van der Waals surface area contributed by atoms with Crippen molar-refractivity contribution in [1.29, 1.82) is 0 Å². The van der Waals surface area contributed by atoms with Crippen molar-refractivity contribution >= 4 is 27.9 Å². The number of carbonyl (C=O) groups is 2. The highest BCUT2D eigenvalue weighted by atomic mass is 79.9. The van der Waals surface area contributed by atoms with E-state index in [1.807, 2.05) is 12.1 Å². The number of rotatable bonds is 4. The normalized spacial score (nSPS) is 15.8. The lowest BCUT2D eigenvalue weighted by molar-refractivity contribution is -0.136. The molecule has 0 aliphatic carbocycles. The van der Waals surface area contributed by atoms with Crippen LogP contribution in [0.25, 0.3) is 0 Å². The molecule has 2 amide bonds. The first-order chi connectivity index (χ1) is 10.1. The Kier molecular flexibility index (Phi) is 5.61. The Balaban J connectivity index is 1.78. The third kappa shape index (κ3) is 4.74. The molecule has 0 radical (unpaired) electrons. The lowest BCUT2D eigenvalue weighted by Crippen LogP contribution is -2.44. The van der Waals surface area contributed by atoms with Crippen LogP contribution in [0.1, 0.15) is 30.7 Å². The monoisotopic (exact) mass is 354 g/mol. The van der Waals surface area contributed by atoms with Gasteiger partial charge in [0, 0.05) is 24.1 Å². The van der Waals surface area contributed by atoms with Crippen LogP contribution in [-0.4, -0.2) is 41.6 Å². The van der Waals surface area contributed by atoms with Crippen molar-refractivity contribution in [2.45, 2.75) is 25.2 Å². The highest BCUT2D eigenvalue weighted by Crippen LogP contribution is 2.28. The second-order valence-corrected chi connectivity index (χ2v) is 6.10. The van der Waals surface area contributed by atoms with Gasteiger partial charge in [-0.05, 0) is 36.5 Å². The zero-order chi connectivity index (χ0) is 15.2. The Morgan fingerprint density at radius 2 is 1.86 bits per heavy atom. The number of urea groups is 1. The molecule has 0 aromatic heterocycles. The third-order valence-electron chi connectivity index (χ3n) is 3.74. The second-order valence-electron chi connectivity index (χ2n) is 5.19. The molecule has 2 N–H and O–H groups in total. The quantitative estimate of drug-likeness (QED) is 0.873. The molecular weight excluding hydrogens is 336 g/mol. The van der Waals surface area contributed by atoms with Crippen LogP contribution in [0.5, 0.6) is 0 Å². The molecule has 0 bridgehead atoms. The number of benzene rings is 1. The standard InChI is InChI=1S/C15H19BrN2O3/c16-13-3-1-11(2-4-13)12-6-9-18(10-7-12)15(21)17-8-5-14(19)20/h1-4,12H,5-10H2,(H,17,21)(H,19,20). The number of carboxylic acid groups (broad SMARTS) is 1. The fraction of sp³-hybridized carbons (Fsp3) is 0.467. The van der Waals surface area contributed by atoms with Gasteiger partial charge in [0.2, 0.25) is 0 Å². The van der Waals surface area contributed by atoms with Gasteiger partial charge in [-0.1, -0.05) is 28.1 Å². The van der Waals surface area contributed by atoms with Crippen molar-refractivity contribution in [2.24, 2.45) is 0 Å². The summed E-state index contributed by atoms with van der Waals surface area (Å²) in [6.45, 7) is 1.60. The van der Waals surface area contributed by atoms with Gasteiger partial charge in [0.25, 0.3) is 0 Å². The first kappa shape index (κ1) is 15.8. The molecule has 1 aliphatic heterocycles. The van der Waals surface area contributed by atoms with Gasteiger partial charge in [-0.25, -0.2) is 4.79 Å². The third-order valence-corrected chi connectivity index (χ3v) is 4.27. The van der Waals surface area contributed by atoms with E-state index in [2.05, 4.69) is 33.4 Å². The minimum atomic E-state index is -0.899. The molecule has 21 heavy (non-hydrogen) atoms. The summed E-state index contributed by atoms with van der Waals surface area (Å²) in [5.41, 5.74) is 1.31. The van der Waals surface area contributed by atoms with Gasteiger partial charge in [0.1, 0.15) is 0 Å². The molecule has 1 heterocycles. The van der Waals surface area contributed by atoms with Crippen LogP contribution in [0.4, 0.5) is 4.79 Å². The highest BCUT2D eigenvalue weighted by Gasteiger charge is 2.23. The van der Waals surface area contributed by atoms with Gasteiger partial charge in [0.15, 0.2) is 0 Å². The van der Waals surface area contributed by atoms with Gasteiger partial charge < -0.3 is 15.3 Å². The predicted molar refractivity (Wildman–Crippen MR) is 83.3 cm³/mol. The number of likely N-dealkylation sites (tertiary alicyclic amines) is 1. The van der Waals surface area contributed by atoms with Crippen molar-refractivity contribution in [3.8, 4) is 0 Å². The van der Waals surface area contributed by atoms with Crippen LogP contribution in [-0.2, 0) is 4.79 Å². The van der Waals surface area contributed by atoms with E-state index in [1.165, 1.54) is 5.56 Å². The van der Waals surface area contributed by atoms with E-state index in [1.54, 1.807) is 4.90 Å². The molecule has 0 atom stereocenters. The second kappa shape index (κ2) is 7.45. The zero-order valence-electron chi connectivity index (χ0n) is 11.7. The Morgan fingerprint density at radius 1 is 1.24 bits per heavy atom. The van der Waals surface area contributed by atoms with Crippen LogP contribution in [0.2, 0.25) is 0 Å². The minimum absolute atomic E-state index is 0.0406. The molecule has 114 valence electrons. The highest BCUT2D eigenvalue weighted by molar-refractivity contribution is 9.10. The van der Waals surface area contributed by atoms with Crippen molar-refractivity contribution in [3.05, 3.63) is 34.3 Å². The topological polar surface area (TPSA) is 69.6 Å². The fourth-order valence-corrected chi connectivity index (χ4v) is 2.80. The average molecular weight is 355 g/mol. The number of hydrogen-bond donors (Lipinski definition) is 2. The number of aliphatic carboxylic acids is 1. The molecule has 1 saturated heterocycles. The number of nitrogens with one attached hydrogen (secondary N) is 1. The maximum atomic E-state index is 11.9. The number of carboxylic acids is 1. The summed E-state index contributed by atoms with van der Waals surface area (Å²) in [7, 11) is 0. The van der Waals surface area contributed by atoms with Gasteiger partial charge >= 0.3 is 12.0 Å². The number of halogens is 1. The van der Waals surface area contributed by atoms with E-state index < -0.39 is 5.97 Å². The van der Waals surface area contributed by atoms with E-state index >= 15 is 0 Å². The maximum absolute atomic E-state index is 11.9. The molecule has 1 aromatic carbocycles. The molecule has 0 unspecified atom stereocenters. The van der Waals surface area contributed by atoms with E-state index in [0.29, 0.717) is 19.0 Å². The summed E-state index contributed by atoms with van der Waals surface area (Å²) in [6, 6.07) is 8.17. The maximum Gasteiger partial charge on any atom is 0.317 e. The number of piperidine rings is 1. The molecular formula is C15H19BrN2O3. The Bertz CT molecular complexity index is 496. The molecule has 6 heteroatoms. The van der Waals surface area contributed by atoms with E-state index in [-0.39, 0.29) is 19.0 Å². The number of nitrogens with zero attached hydrogens (tertiary/aromatic N) is 1. The summed E-state index contributed by atoms with van der Waals surface area (Å²) in [6.07, 6.45) is 1.84. The van der Waals surface area contributed by atoms with E-state index in [0.717, 1.165) is 17.3 Å². The molecule has 1 fully saturated rings. The minimum Gasteiger partial charge on any atom is -0.481 e. The van der Waals surface area contributed by atoms with E-state index in [4.69, 9.17) is 5.11 Å². The zero-order valence-corrected chi connectivity index (χ0v) is 13.3. The Hall–Kier alpha value is -1.56. The summed E-state index contributed by atoms with van der Waals surface area (Å²) in [5, 5.41) is 11.2. The largest absolute Gasteiger partial charge is 0.481 e. The van der Waals surface area contributed by atoms with Crippen LogP contribution in [0.3, 0.4) is 0 Å². The number of carbonyl (C=O) groups excluding carboxylic acids is 1. The van der Waals surface area contributed by atoms with Crippen molar-refractivity contribution in [2.75, 3.05) is 19.6 Å². The molecule has 1 aromatic rings. The van der Waals surface area contributed by atoms with Gasteiger partial charge in [-0.15, -0.1) is 0 Å². The molecule has 0 spiro atoms. The van der Waals surface area contributed by atoms with Crippen LogP contribution in [0, 0.1) is 0 Å². The molecule has 0 saturated carbocycles. The average Bonchev–Trinajstić information content (AvgIpc) is 2.48. The number of amides is 2. The Morgan fingerprint density at radius 3 is 2.43 bits per heavy atom. The molecule has 1 aliphatic rings. The smallest absolute Gasteiger partial charge is 0.317 e. The van der Waals surface area contributed by atoms with Crippen LogP contribution < -0.4 is 5.32 Å². The summed E-state index contributed by atoms with van der Waals surface area (Å²) in [5.74, 6) is -0.412. The van der Waals surface area contributed by atoms with Gasteiger partial charge in [0.05, 0.1) is 6.42 Å². The van der Waals surface area contributed by atoms with Crippen molar-refractivity contribution < 1.29 is 14.7 Å². The number of hydrogen-bond acceptors (Lipinski definition) is 2. The summed E-state index contributed by atoms with van der Waals surface area (Å²) >= 11 is 3.43. The SMILES string of the molecule is O=C(O)CCNC(=O)N1CCC(c2ccc(Br)cc2)CC1. The van der Waals surface area contributed by atoms with Crippen LogP contribution >= 0.6 is 15.9 Å². The first-order valence-corrected chi connectivity index (χ1v) is 7.85.